The lowest BCUT2D eigenvalue weighted by molar-refractivity contribution is 0.0601. The number of carbonyl (C=O) groups excluding carboxylic acids is 1. The van der Waals surface area contributed by atoms with Crippen LogP contribution in [0, 0.1) is 6.92 Å². The fourth-order valence-corrected chi connectivity index (χ4v) is 2.97. The van der Waals surface area contributed by atoms with Crippen LogP contribution in [0.4, 0.5) is 5.82 Å². The molecule has 1 amide bonds. The molecule has 0 bridgehead atoms. The predicted octanol–water partition coefficient (Wildman–Crippen LogP) is 3.40. The number of aromatic nitrogens is 2. The van der Waals surface area contributed by atoms with Gasteiger partial charge in [-0.3, -0.25) is 4.79 Å². The van der Waals surface area contributed by atoms with Gasteiger partial charge in [-0.2, -0.15) is 0 Å². The first kappa shape index (κ1) is 16.7. The Morgan fingerprint density at radius 1 is 1.36 bits per heavy atom. The normalized spacial score (nSPS) is 19.1. The number of likely N-dealkylation sites (tertiary alicyclic amines) is 1. The van der Waals surface area contributed by atoms with E-state index >= 15 is 0 Å². The molecule has 122 valence electrons. The standard InChI is InChI=1S/C17H28N4O/c1-6-13-9-7-8-10-21(13)16(22)14-11-15(19-12(2)18-14)20-17(3,4)5/h11,13H,6-10H2,1-5H3,(H,18,19,20). The first-order valence-corrected chi connectivity index (χ1v) is 8.25. The maximum atomic E-state index is 12.8. The van der Waals surface area contributed by atoms with E-state index in [0.717, 1.165) is 25.8 Å². The maximum absolute atomic E-state index is 12.8. The first-order chi connectivity index (χ1) is 10.3. The molecule has 5 nitrogen and oxygen atoms in total. The summed E-state index contributed by atoms with van der Waals surface area (Å²) in [5, 5.41) is 3.32. The number of hydrogen-bond donors (Lipinski definition) is 1. The van der Waals surface area contributed by atoms with Crippen LogP contribution in [0.3, 0.4) is 0 Å². The van der Waals surface area contributed by atoms with Crippen LogP contribution in [0.2, 0.25) is 0 Å². The molecule has 1 aliphatic heterocycles. The molecule has 1 aromatic heterocycles. The van der Waals surface area contributed by atoms with Crippen LogP contribution in [-0.2, 0) is 0 Å². The average Bonchev–Trinajstić information content (AvgIpc) is 2.44. The van der Waals surface area contributed by atoms with Crippen molar-refractivity contribution in [1.29, 1.82) is 0 Å². The van der Waals surface area contributed by atoms with Gasteiger partial charge < -0.3 is 10.2 Å². The minimum Gasteiger partial charge on any atom is -0.365 e. The van der Waals surface area contributed by atoms with E-state index in [-0.39, 0.29) is 11.4 Å². The highest BCUT2D eigenvalue weighted by Gasteiger charge is 2.27. The van der Waals surface area contributed by atoms with E-state index in [9.17, 15) is 4.79 Å². The van der Waals surface area contributed by atoms with Gasteiger partial charge in [0.25, 0.3) is 5.91 Å². The Kier molecular flexibility index (Phi) is 5.04. The number of rotatable bonds is 3. The third-order valence-corrected chi connectivity index (χ3v) is 3.92. The molecule has 0 aromatic carbocycles. The molecular formula is C17H28N4O. The monoisotopic (exact) mass is 304 g/mol. The highest BCUT2D eigenvalue weighted by molar-refractivity contribution is 5.93. The summed E-state index contributed by atoms with van der Waals surface area (Å²) < 4.78 is 0. The zero-order valence-electron chi connectivity index (χ0n) is 14.4. The lowest BCUT2D eigenvalue weighted by Gasteiger charge is -2.35. The van der Waals surface area contributed by atoms with Crippen molar-refractivity contribution in [2.45, 2.75) is 71.9 Å². The second-order valence-corrected chi connectivity index (χ2v) is 7.12. The lowest BCUT2D eigenvalue weighted by atomic mass is 9.99. The van der Waals surface area contributed by atoms with Crippen LogP contribution in [-0.4, -0.2) is 38.9 Å². The van der Waals surface area contributed by atoms with Crippen molar-refractivity contribution in [1.82, 2.24) is 14.9 Å². The molecule has 1 aromatic rings. The van der Waals surface area contributed by atoms with E-state index in [0.29, 0.717) is 23.4 Å². The molecule has 2 rings (SSSR count). The van der Waals surface area contributed by atoms with Gasteiger partial charge >= 0.3 is 0 Å². The Morgan fingerprint density at radius 3 is 2.73 bits per heavy atom. The zero-order valence-corrected chi connectivity index (χ0v) is 14.4. The third kappa shape index (κ3) is 4.18. The highest BCUT2D eigenvalue weighted by Crippen LogP contribution is 2.22. The van der Waals surface area contributed by atoms with Crippen LogP contribution in [0.15, 0.2) is 6.07 Å². The van der Waals surface area contributed by atoms with Gasteiger partial charge in [0.1, 0.15) is 17.3 Å². The second kappa shape index (κ2) is 6.63. The third-order valence-electron chi connectivity index (χ3n) is 3.92. The molecule has 1 unspecified atom stereocenters. The van der Waals surface area contributed by atoms with E-state index in [1.807, 2.05) is 11.8 Å². The summed E-state index contributed by atoms with van der Waals surface area (Å²) in [5.41, 5.74) is 0.401. The Morgan fingerprint density at radius 2 is 2.09 bits per heavy atom. The van der Waals surface area contributed by atoms with Gasteiger partial charge in [-0.25, -0.2) is 9.97 Å². The number of anilines is 1. The summed E-state index contributed by atoms with van der Waals surface area (Å²) in [5.74, 6) is 1.38. The fourth-order valence-electron chi connectivity index (χ4n) is 2.97. The summed E-state index contributed by atoms with van der Waals surface area (Å²) in [6.45, 7) is 11.0. The molecule has 2 heterocycles. The smallest absolute Gasteiger partial charge is 0.272 e. The van der Waals surface area contributed by atoms with E-state index in [1.54, 1.807) is 6.07 Å². The van der Waals surface area contributed by atoms with Crippen LogP contribution in [0.1, 0.15) is 69.7 Å². The largest absolute Gasteiger partial charge is 0.365 e. The van der Waals surface area contributed by atoms with Crippen LogP contribution < -0.4 is 5.32 Å². The van der Waals surface area contributed by atoms with Crippen LogP contribution >= 0.6 is 0 Å². The Hall–Kier alpha value is -1.65. The van der Waals surface area contributed by atoms with Gasteiger partial charge in [0.15, 0.2) is 0 Å². The Labute approximate surface area is 133 Å². The lowest BCUT2D eigenvalue weighted by Crippen LogP contribution is -2.43. The molecule has 0 aliphatic carbocycles. The minimum atomic E-state index is -0.0990. The molecule has 0 spiro atoms. The van der Waals surface area contributed by atoms with Crippen molar-refractivity contribution in [3.8, 4) is 0 Å². The fraction of sp³-hybridized carbons (Fsp3) is 0.706. The minimum absolute atomic E-state index is 0.0361. The predicted molar refractivity (Wildman–Crippen MR) is 89.1 cm³/mol. The molecule has 0 saturated carbocycles. The van der Waals surface area contributed by atoms with Crippen molar-refractivity contribution in [3.63, 3.8) is 0 Å². The summed E-state index contributed by atoms with van der Waals surface area (Å²) in [6, 6.07) is 2.12. The summed E-state index contributed by atoms with van der Waals surface area (Å²) >= 11 is 0. The number of hydrogen-bond acceptors (Lipinski definition) is 4. The molecular weight excluding hydrogens is 276 g/mol. The summed E-state index contributed by atoms with van der Waals surface area (Å²) in [4.78, 5) is 23.6. The van der Waals surface area contributed by atoms with Gasteiger partial charge in [0.05, 0.1) is 0 Å². The van der Waals surface area contributed by atoms with Gasteiger partial charge in [-0.15, -0.1) is 0 Å². The molecule has 1 saturated heterocycles. The number of aryl methyl sites for hydroxylation is 1. The average molecular weight is 304 g/mol. The topological polar surface area (TPSA) is 58.1 Å². The van der Waals surface area contributed by atoms with Crippen molar-refractivity contribution >= 4 is 11.7 Å². The number of nitrogens with one attached hydrogen (secondary N) is 1. The van der Waals surface area contributed by atoms with Gasteiger partial charge in [0.2, 0.25) is 0 Å². The molecule has 1 fully saturated rings. The quantitative estimate of drug-likeness (QED) is 0.930. The van der Waals surface area contributed by atoms with Gasteiger partial charge in [-0.05, 0) is 53.4 Å². The SMILES string of the molecule is CCC1CCCCN1C(=O)c1cc(NC(C)(C)C)nc(C)n1. The second-order valence-electron chi connectivity index (χ2n) is 7.12. The Bertz CT molecular complexity index is 536. The van der Waals surface area contributed by atoms with Crippen LogP contribution in [0.25, 0.3) is 0 Å². The first-order valence-electron chi connectivity index (χ1n) is 8.25. The molecule has 5 heteroatoms. The van der Waals surface area contributed by atoms with Crippen molar-refractivity contribution < 1.29 is 4.79 Å². The molecule has 22 heavy (non-hydrogen) atoms. The highest BCUT2D eigenvalue weighted by atomic mass is 16.2. The van der Waals surface area contributed by atoms with Crippen molar-refractivity contribution in [2.75, 3.05) is 11.9 Å². The Balaban J connectivity index is 2.25. The van der Waals surface area contributed by atoms with Gasteiger partial charge in [0, 0.05) is 24.2 Å². The van der Waals surface area contributed by atoms with Gasteiger partial charge in [-0.1, -0.05) is 6.92 Å². The molecule has 1 aliphatic rings. The van der Waals surface area contributed by atoms with E-state index < -0.39 is 0 Å². The molecule has 0 radical (unpaired) electrons. The number of nitrogens with zero attached hydrogens (tertiary/aromatic N) is 3. The number of piperidine rings is 1. The van der Waals surface area contributed by atoms with Crippen LogP contribution in [0.5, 0.6) is 0 Å². The summed E-state index contributed by atoms with van der Waals surface area (Å²) in [7, 11) is 0. The number of amides is 1. The summed E-state index contributed by atoms with van der Waals surface area (Å²) in [6.07, 6.45) is 4.39. The number of carbonyl (C=O) groups is 1. The van der Waals surface area contributed by atoms with Crippen molar-refractivity contribution in [2.24, 2.45) is 0 Å². The van der Waals surface area contributed by atoms with Crippen molar-refractivity contribution in [3.05, 3.63) is 17.6 Å². The maximum Gasteiger partial charge on any atom is 0.272 e. The van der Waals surface area contributed by atoms with E-state index in [2.05, 4.69) is 43.0 Å². The van der Waals surface area contributed by atoms with E-state index in [1.165, 1.54) is 6.42 Å². The molecule has 1 N–H and O–H groups in total. The van der Waals surface area contributed by atoms with E-state index in [4.69, 9.17) is 0 Å². The zero-order chi connectivity index (χ0) is 16.3. The molecule has 1 atom stereocenters.